The summed E-state index contributed by atoms with van der Waals surface area (Å²) in [6, 6.07) is 5.85. The zero-order chi connectivity index (χ0) is 21.3. The molecule has 1 aromatic carbocycles. The number of non-ortho nitro benzene ring substituents is 1. The highest BCUT2D eigenvalue weighted by atomic mass is 32.2. The number of thioether (sulfide) groups is 1. The van der Waals surface area contributed by atoms with E-state index in [4.69, 9.17) is 0 Å². The summed E-state index contributed by atoms with van der Waals surface area (Å²) in [5, 5.41) is 18.1. The zero-order valence-electron chi connectivity index (χ0n) is 16.0. The number of rotatable bonds is 6. The second kappa shape index (κ2) is 8.11. The summed E-state index contributed by atoms with van der Waals surface area (Å²) in [4.78, 5) is 41.5. The monoisotopic (exact) mass is 426 g/mol. The summed E-state index contributed by atoms with van der Waals surface area (Å²) < 4.78 is 1.64. The number of carbonyl (C=O) groups is 2. The average Bonchev–Trinajstić information content (AvgIpc) is 3.39. The highest BCUT2D eigenvalue weighted by Crippen LogP contribution is 2.35. The Hall–Kier alpha value is -3.47. The number of aryl methyl sites for hydroxylation is 1. The Labute approximate surface area is 175 Å². The minimum absolute atomic E-state index is 0.0260. The van der Waals surface area contributed by atoms with Crippen LogP contribution in [0.5, 0.6) is 0 Å². The van der Waals surface area contributed by atoms with Crippen LogP contribution in [0.3, 0.4) is 0 Å². The van der Waals surface area contributed by atoms with Crippen LogP contribution in [0, 0.1) is 10.1 Å². The van der Waals surface area contributed by atoms with Crippen molar-refractivity contribution < 1.29 is 14.5 Å². The maximum Gasteiger partial charge on any atom is 0.278 e. The van der Waals surface area contributed by atoms with Gasteiger partial charge in [-0.05, 0) is 25.0 Å². The molecular formula is C19H18N6O4S. The summed E-state index contributed by atoms with van der Waals surface area (Å²) >= 11 is 1.17. The van der Waals surface area contributed by atoms with Crippen molar-refractivity contribution in [2.24, 2.45) is 12.0 Å². The Morgan fingerprint density at radius 2 is 2.23 bits per heavy atom. The topological polar surface area (TPSA) is 123 Å². The molecule has 2 amide bonds. The number of hydrogen-bond acceptors (Lipinski definition) is 7. The van der Waals surface area contributed by atoms with Gasteiger partial charge in [-0.15, -0.1) is 0 Å². The molecule has 154 valence electrons. The van der Waals surface area contributed by atoms with Crippen molar-refractivity contribution in [3.05, 3.63) is 58.0 Å². The second-order valence-electron chi connectivity index (χ2n) is 6.92. The molecule has 1 aliphatic carbocycles. The first kappa shape index (κ1) is 19.8. The van der Waals surface area contributed by atoms with Crippen LogP contribution in [0.2, 0.25) is 0 Å². The first-order valence-corrected chi connectivity index (χ1v) is 10.2. The number of nitro groups is 1. The largest absolute Gasteiger partial charge is 0.325 e. The molecule has 2 aromatic rings. The van der Waals surface area contributed by atoms with Gasteiger partial charge in [0.05, 0.1) is 16.9 Å². The molecule has 11 heteroatoms. The zero-order valence-corrected chi connectivity index (χ0v) is 16.8. The molecule has 1 saturated carbocycles. The molecule has 0 unspecified atom stereocenters. The summed E-state index contributed by atoms with van der Waals surface area (Å²) in [5.41, 5.74) is 1.33. The van der Waals surface area contributed by atoms with E-state index in [2.05, 4.69) is 15.4 Å². The lowest BCUT2D eigenvalue weighted by molar-refractivity contribution is -0.384. The van der Waals surface area contributed by atoms with Gasteiger partial charge in [-0.1, -0.05) is 17.8 Å². The maximum atomic E-state index is 12.8. The number of aromatic nitrogens is 2. The van der Waals surface area contributed by atoms with Crippen LogP contribution in [-0.4, -0.2) is 48.4 Å². The van der Waals surface area contributed by atoms with Crippen LogP contribution in [0.1, 0.15) is 18.4 Å². The third kappa shape index (κ3) is 4.40. The number of benzene rings is 1. The van der Waals surface area contributed by atoms with E-state index in [9.17, 15) is 19.7 Å². The van der Waals surface area contributed by atoms with E-state index in [1.54, 1.807) is 41.2 Å². The third-order valence-corrected chi connectivity index (χ3v) is 5.43. The normalized spacial score (nSPS) is 17.4. The Kier molecular flexibility index (Phi) is 5.36. The molecule has 30 heavy (non-hydrogen) atoms. The molecule has 4 rings (SSSR count). The van der Waals surface area contributed by atoms with Gasteiger partial charge in [-0.25, -0.2) is 4.99 Å². The Morgan fingerprint density at radius 1 is 1.43 bits per heavy atom. The fourth-order valence-corrected chi connectivity index (χ4v) is 3.83. The van der Waals surface area contributed by atoms with Gasteiger partial charge in [0, 0.05) is 42.7 Å². The van der Waals surface area contributed by atoms with Crippen LogP contribution in [-0.2, 0) is 16.6 Å². The van der Waals surface area contributed by atoms with Crippen molar-refractivity contribution in [2.75, 3.05) is 11.1 Å². The number of amidine groups is 1. The molecule has 1 fully saturated rings. The highest BCUT2D eigenvalue weighted by Gasteiger charge is 2.41. The van der Waals surface area contributed by atoms with Crippen molar-refractivity contribution in [1.29, 1.82) is 0 Å². The van der Waals surface area contributed by atoms with Gasteiger partial charge in [0.1, 0.15) is 5.70 Å². The van der Waals surface area contributed by atoms with E-state index in [1.807, 2.05) is 0 Å². The molecule has 0 radical (unpaired) electrons. The number of nitro benzene ring substituents is 1. The Bertz CT molecular complexity index is 1090. The van der Waals surface area contributed by atoms with E-state index in [-0.39, 0.29) is 29.3 Å². The van der Waals surface area contributed by atoms with Crippen molar-refractivity contribution in [3.8, 4) is 0 Å². The molecule has 0 bridgehead atoms. The number of hydrogen-bond donors (Lipinski definition) is 1. The van der Waals surface area contributed by atoms with Crippen molar-refractivity contribution in [2.45, 2.75) is 18.9 Å². The van der Waals surface area contributed by atoms with E-state index < -0.39 is 4.92 Å². The Morgan fingerprint density at radius 3 is 2.90 bits per heavy atom. The Balaban J connectivity index is 1.44. The molecule has 10 nitrogen and oxygen atoms in total. The summed E-state index contributed by atoms with van der Waals surface area (Å²) in [6.45, 7) is 0. The smallest absolute Gasteiger partial charge is 0.278 e. The quantitative estimate of drug-likeness (QED) is 0.430. The van der Waals surface area contributed by atoms with E-state index in [1.165, 1.54) is 30.0 Å². The van der Waals surface area contributed by atoms with E-state index in [0.717, 1.165) is 18.4 Å². The van der Waals surface area contributed by atoms with Gasteiger partial charge in [0.2, 0.25) is 5.91 Å². The van der Waals surface area contributed by atoms with Crippen LogP contribution in [0.15, 0.2) is 47.3 Å². The van der Waals surface area contributed by atoms with Crippen molar-refractivity contribution in [3.63, 3.8) is 0 Å². The molecule has 1 N–H and O–H groups in total. The fourth-order valence-electron chi connectivity index (χ4n) is 2.96. The SMILES string of the molecule is Cn1cc(C=C2N=C(SCC(=O)Nc3cccc([N+](=O)[O-])c3)N(C3CC3)C2=O)cn1. The van der Waals surface area contributed by atoms with E-state index in [0.29, 0.717) is 16.6 Å². The minimum Gasteiger partial charge on any atom is -0.325 e. The molecular weight excluding hydrogens is 408 g/mol. The fraction of sp³-hybridized carbons (Fsp3) is 0.263. The maximum absolute atomic E-state index is 12.8. The lowest BCUT2D eigenvalue weighted by Crippen LogP contribution is -2.33. The van der Waals surface area contributed by atoms with Crippen LogP contribution in [0.25, 0.3) is 6.08 Å². The summed E-state index contributed by atoms with van der Waals surface area (Å²) in [5.74, 6) is -0.489. The highest BCUT2D eigenvalue weighted by molar-refractivity contribution is 8.14. The van der Waals surface area contributed by atoms with Gasteiger partial charge < -0.3 is 5.32 Å². The number of anilines is 1. The minimum atomic E-state index is -0.521. The predicted molar refractivity (Wildman–Crippen MR) is 113 cm³/mol. The standard InChI is InChI=1S/C19H18N6O4S/c1-23-10-12(9-20-23)7-16-18(27)24(14-5-6-14)19(22-16)30-11-17(26)21-13-3-2-4-15(8-13)25(28)29/h2-4,7-10,14H,5-6,11H2,1H3,(H,21,26). The number of nitrogens with one attached hydrogen (secondary N) is 1. The lowest BCUT2D eigenvalue weighted by Gasteiger charge is -2.16. The number of carbonyl (C=O) groups excluding carboxylic acids is 2. The average molecular weight is 426 g/mol. The van der Waals surface area contributed by atoms with Gasteiger partial charge >= 0.3 is 0 Å². The molecule has 1 aliphatic heterocycles. The van der Waals surface area contributed by atoms with Gasteiger partial charge in [0.15, 0.2) is 5.17 Å². The van der Waals surface area contributed by atoms with Gasteiger partial charge in [-0.3, -0.25) is 29.3 Å². The molecule has 0 spiro atoms. The predicted octanol–water partition coefficient (Wildman–Crippen LogP) is 2.40. The van der Waals surface area contributed by atoms with Crippen LogP contribution < -0.4 is 5.32 Å². The lowest BCUT2D eigenvalue weighted by atomic mass is 10.3. The molecule has 2 heterocycles. The van der Waals surface area contributed by atoms with E-state index >= 15 is 0 Å². The first-order valence-electron chi connectivity index (χ1n) is 9.20. The molecule has 2 aliphatic rings. The van der Waals surface area contributed by atoms with Crippen molar-refractivity contribution in [1.82, 2.24) is 14.7 Å². The molecule has 0 saturated heterocycles. The van der Waals surface area contributed by atoms with Gasteiger partial charge in [-0.2, -0.15) is 5.10 Å². The van der Waals surface area contributed by atoms with Crippen molar-refractivity contribution >= 4 is 46.2 Å². The number of amides is 2. The summed E-state index contributed by atoms with van der Waals surface area (Å²) in [6.07, 6.45) is 6.93. The van der Waals surface area contributed by atoms with Gasteiger partial charge in [0.25, 0.3) is 11.6 Å². The summed E-state index contributed by atoms with van der Waals surface area (Å²) in [7, 11) is 1.79. The van der Waals surface area contributed by atoms with Crippen LogP contribution >= 0.6 is 11.8 Å². The number of aliphatic imine (C=N–C) groups is 1. The first-order chi connectivity index (χ1) is 14.4. The second-order valence-corrected chi connectivity index (χ2v) is 7.86. The van der Waals surface area contributed by atoms with Crippen LogP contribution in [0.4, 0.5) is 11.4 Å². The number of nitrogens with zero attached hydrogens (tertiary/aromatic N) is 5. The molecule has 1 aromatic heterocycles. The molecule has 0 atom stereocenters. The third-order valence-electron chi connectivity index (χ3n) is 4.47.